The number of alkyl halides is 5. The van der Waals surface area contributed by atoms with E-state index in [1.165, 1.54) is 13.2 Å². The van der Waals surface area contributed by atoms with Crippen LogP contribution in [0.3, 0.4) is 0 Å². The van der Waals surface area contributed by atoms with Crippen LogP contribution in [0.1, 0.15) is 39.1 Å². The second kappa shape index (κ2) is 10.2. The number of nitrogens with one attached hydrogen (secondary N) is 2. The Bertz CT molecular complexity index is 1490. The van der Waals surface area contributed by atoms with Crippen molar-refractivity contribution in [2.75, 3.05) is 19.0 Å². The van der Waals surface area contributed by atoms with E-state index in [1.54, 1.807) is 48.5 Å². The fourth-order valence-electron chi connectivity index (χ4n) is 4.28. The van der Waals surface area contributed by atoms with Crippen LogP contribution in [0.15, 0.2) is 54.6 Å². The van der Waals surface area contributed by atoms with Crippen LogP contribution < -0.4 is 15.4 Å². The third kappa shape index (κ3) is 5.14. The molecule has 1 aliphatic heterocycles. The molecule has 38 heavy (non-hydrogen) atoms. The highest BCUT2D eigenvalue weighted by Gasteiger charge is 2.32. The number of halogens is 5. The molecule has 4 aromatic rings. The number of hydrogen-bond acceptors (Lipinski definition) is 6. The summed E-state index contributed by atoms with van der Waals surface area (Å²) in [5.41, 5.74) is 2.12. The van der Waals surface area contributed by atoms with E-state index in [2.05, 4.69) is 15.6 Å². The van der Waals surface area contributed by atoms with Crippen molar-refractivity contribution in [3.05, 3.63) is 76.3 Å². The van der Waals surface area contributed by atoms with E-state index in [0.29, 0.717) is 39.1 Å². The Labute approximate surface area is 217 Å². The highest BCUT2D eigenvalue weighted by atomic mass is 32.1. The minimum absolute atomic E-state index is 0.283. The van der Waals surface area contributed by atoms with Gasteiger partial charge in [0.05, 0.1) is 19.4 Å². The average molecular weight is 550 g/mol. The van der Waals surface area contributed by atoms with E-state index in [9.17, 15) is 26.7 Å². The standard InChI is InChI=1S/C26H20F5N3O3S/c1-36-18-8-7-14(9-15(18)11-37-12-26(29,30)31)23-33-20-19-16(13-5-3-2-4-6-13)10-17(22(27)28)32-25(19)38-21(20)24(35)34-23/h2-10,22-23,33H,11-12H2,1H3,(H,34,35)/t23-/m1/s1. The molecule has 2 N–H and O–H groups in total. The summed E-state index contributed by atoms with van der Waals surface area (Å²) in [6.45, 7) is -1.78. The summed E-state index contributed by atoms with van der Waals surface area (Å²) in [6.07, 6.45) is -8.04. The zero-order valence-electron chi connectivity index (χ0n) is 19.7. The average Bonchev–Trinajstić information content (AvgIpc) is 3.27. The number of carbonyl (C=O) groups is 1. The molecule has 6 nitrogen and oxygen atoms in total. The number of thiophene rings is 1. The number of rotatable bonds is 7. The first kappa shape index (κ1) is 25.9. The van der Waals surface area contributed by atoms with Crippen LogP contribution in [0.2, 0.25) is 0 Å². The van der Waals surface area contributed by atoms with Crippen molar-refractivity contribution >= 4 is 33.1 Å². The largest absolute Gasteiger partial charge is 0.496 e. The van der Waals surface area contributed by atoms with E-state index in [1.807, 2.05) is 0 Å². The van der Waals surface area contributed by atoms with Gasteiger partial charge < -0.3 is 20.1 Å². The van der Waals surface area contributed by atoms with Crippen LogP contribution in [0, 0.1) is 0 Å². The number of benzene rings is 2. The minimum atomic E-state index is -4.48. The van der Waals surface area contributed by atoms with E-state index in [4.69, 9.17) is 9.47 Å². The maximum atomic E-state index is 13.7. The number of ether oxygens (including phenoxy) is 2. The van der Waals surface area contributed by atoms with Gasteiger partial charge in [-0.15, -0.1) is 11.3 Å². The third-order valence-electron chi connectivity index (χ3n) is 5.92. The van der Waals surface area contributed by atoms with Crippen LogP contribution in [0.25, 0.3) is 21.3 Å². The number of anilines is 1. The van der Waals surface area contributed by atoms with Gasteiger partial charge in [0, 0.05) is 10.9 Å². The molecule has 1 aliphatic rings. The quantitative estimate of drug-likeness (QED) is 0.247. The second-order valence-corrected chi connectivity index (χ2v) is 9.48. The molecule has 0 saturated heterocycles. The molecule has 2 aromatic carbocycles. The van der Waals surface area contributed by atoms with Crippen molar-refractivity contribution in [2.45, 2.75) is 25.4 Å². The van der Waals surface area contributed by atoms with Gasteiger partial charge in [-0.2, -0.15) is 13.2 Å². The van der Waals surface area contributed by atoms with Gasteiger partial charge in [-0.25, -0.2) is 13.8 Å². The lowest BCUT2D eigenvalue weighted by Crippen LogP contribution is -2.37. The lowest BCUT2D eigenvalue weighted by Gasteiger charge is -2.27. The summed E-state index contributed by atoms with van der Waals surface area (Å²) >= 11 is 1.00. The minimum Gasteiger partial charge on any atom is -0.496 e. The van der Waals surface area contributed by atoms with Crippen molar-refractivity contribution in [1.29, 1.82) is 0 Å². The SMILES string of the molecule is COc1ccc([C@H]2NC(=O)c3sc4nc(C(F)F)cc(-c5ccccc5)c4c3N2)cc1COCC(F)(F)F. The lowest BCUT2D eigenvalue weighted by molar-refractivity contribution is -0.176. The molecule has 12 heteroatoms. The predicted molar refractivity (Wildman–Crippen MR) is 133 cm³/mol. The highest BCUT2D eigenvalue weighted by molar-refractivity contribution is 7.21. The molecule has 0 radical (unpaired) electrons. The van der Waals surface area contributed by atoms with Gasteiger partial charge in [0.15, 0.2) is 0 Å². The molecular weight excluding hydrogens is 529 g/mol. The molecule has 0 fully saturated rings. The van der Waals surface area contributed by atoms with Gasteiger partial charge in [0.1, 0.15) is 33.9 Å². The Morgan fingerprint density at radius 2 is 1.84 bits per heavy atom. The van der Waals surface area contributed by atoms with Gasteiger partial charge >= 0.3 is 6.18 Å². The van der Waals surface area contributed by atoms with Gasteiger partial charge in [-0.05, 0) is 34.9 Å². The van der Waals surface area contributed by atoms with Crippen LogP contribution >= 0.6 is 11.3 Å². The van der Waals surface area contributed by atoms with Gasteiger partial charge in [-0.1, -0.05) is 36.4 Å². The molecule has 0 unspecified atom stereocenters. The molecule has 0 aliphatic carbocycles. The Kier molecular flexibility index (Phi) is 6.93. The first-order chi connectivity index (χ1) is 18.1. The Morgan fingerprint density at radius 1 is 1.08 bits per heavy atom. The van der Waals surface area contributed by atoms with Crippen LogP contribution in [-0.2, 0) is 11.3 Å². The molecule has 0 spiro atoms. The first-order valence-corrected chi connectivity index (χ1v) is 12.2. The second-order valence-electron chi connectivity index (χ2n) is 8.48. The molecule has 0 bridgehead atoms. The lowest BCUT2D eigenvalue weighted by atomic mass is 10.00. The van der Waals surface area contributed by atoms with E-state index < -0.39 is 37.0 Å². The number of pyridine rings is 1. The van der Waals surface area contributed by atoms with Crippen LogP contribution in [0.4, 0.5) is 27.6 Å². The molecular formula is C26H20F5N3O3S. The number of aromatic nitrogens is 1. The topological polar surface area (TPSA) is 72.5 Å². The van der Waals surface area contributed by atoms with Gasteiger partial charge in [0.2, 0.25) is 0 Å². The maximum Gasteiger partial charge on any atom is 0.411 e. The summed E-state index contributed by atoms with van der Waals surface area (Å²) in [5.74, 6) is -0.107. The van der Waals surface area contributed by atoms with Crippen molar-refractivity contribution in [3.63, 3.8) is 0 Å². The fraction of sp³-hybridized carbons (Fsp3) is 0.231. The summed E-state index contributed by atoms with van der Waals surface area (Å²) in [4.78, 5) is 17.8. The van der Waals surface area contributed by atoms with E-state index >= 15 is 0 Å². The zero-order valence-corrected chi connectivity index (χ0v) is 20.6. The number of amides is 1. The molecule has 1 atom stereocenters. The van der Waals surface area contributed by atoms with Crippen molar-refractivity contribution in [3.8, 4) is 16.9 Å². The van der Waals surface area contributed by atoms with E-state index in [-0.39, 0.29) is 16.3 Å². The summed E-state index contributed by atoms with van der Waals surface area (Å²) in [7, 11) is 1.39. The summed E-state index contributed by atoms with van der Waals surface area (Å²) in [5, 5.41) is 6.60. The Balaban J connectivity index is 1.55. The maximum absolute atomic E-state index is 13.7. The normalized spacial score (nSPS) is 15.3. The van der Waals surface area contributed by atoms with Crippen molar-refractivity contribution in [1.82, 2.24) is 10.3 Å². The van der Waals surface area contributed by atoms with Gasteiger partial charge in [-0.3, -0.25) is 4.79 Å². The smallest absolute Gasteiger partial charge is 0.411 e. The Hall–Kier alpha value is -3.77. The first-order valence-electron chi connectivity index (χ1n) is 11.3. The summed E-state index contributed by atoms with van der Waals surface area (Å²) < 4.78 is 75.0. The third-order valence-corrected chi connectivity index (χ3v) is 7.00. The molecule has 0 saturated carbocycles. The Morgan fingerprint density at radius 3 is 2.53 bits per heavy atom. The number of methoxy groups -OCH3 is 1. The predicted octanol–water partition coefficient (Wildman–Crippen LogP) is 6.84. The number of nitrogens with zero attached hydrogens (tertiary/aromatic N) is 1. The molecule has 3 heterocycles. The highest BCUT2D eigenvalue weighted by Crippen LogP contribution is 2.45. The number of hydrogen-bond donors (Lipinski definition) is 2. The van der Waals surface area contributed by atoms with Crippen LogP contribution in [-0.4, -0.2) is 30.8 Å². The number of fused-ring (bicyclic) bond motifs is 3. The van der Waals surface area contributed by atoms with Gasteiger partial charge in [0.25, 0.3) is 12.3 Å². The monoisotopic (exact) mass is 549 g/mol. The van der Waals surface area contributed by atoms with E-state index in [0.717, 1.165) is 11.3 Å². The van der Waals surface area contributed by atoms with Crippen LogP contribution in [0.5, 0.6) is 5.75 Å². The fourth-order valence-corrected chi connectivity index (χ4v) is 5.36. The van der Waals surface area contributed by atoms with Crippen molar-refractivity contribution < 1.29 is 36.2 Å². The number of carbonyl (C=O) groups excluding carboxylic acids is 1. The molecule has 5 rings (SSSR count). The zero-order chi connectivity index (χ0) is 27.0. The summed E-state index contributed by atoms with van der Waals surface area (Å²) in [6, 6.07) is 15.1. The molecule has 198 valence electrons. The van der Waals surface area contributed by atoms with Crippen molar-refractivity contribution in [2.24, 2.45) is 0 Å². The molecule has 2 aromatic heterocycles. The molecule has 1 amide bonds.